The fourth-order valence-electron chi connectivity index (χ4n) is 1.08. The highest BCUT2D eigenvalue weighted by molar-refractivity contribution is 8.93. The second kappa shape index (κ2) is 6.55. The van der Waals surface area contributed by atoms with Gasteiger partial charge in [-0.05, 0) is 23.7 Å². The fraction of sp³-hybridized carbons (Fsp3) is 0.400. The van der Waals surface area contributed by atoms with Crippen LogP contribution in [0.4, 0.5) is 0 Å². The Morgan fingerprint density at radius 3 is 2.33 bits per heavy atom. The zero-order chi connectivity index (χ0) is 8.10. The molecule has 0 aliphatic carbocycles. The van der Waals surface area contributed by atoms with E-state index in [1.807, 2.05) is 0 Å². The first-order valence-electron chi connectivity index (χ1n) is 3.97. The molecule has 1 rings (SSSR count). The lowest BCUT2D eigenvalue weighted by Gasteiger charge is -2.06. The normalized spacial score (nSPS) is 11.8. The van der Waals surface area contributed by atoms with Gasteiger partial charge in [0.2, 0.25) is 0 Å². The Labute approximate surface area is 90.6 Å². The molecule has 2 heteroatoms. The lowest BCUT2D eigenvalue weighted by molar-refractivity contribution is 0.660. The van der Waals surface area contributed by atoms with Crippen LogP contribution in [-0.4, -0.2) is 5.75 Å². The Kier molecular flexibility index (Phi) is 6.58. The van der Waals surface area contributed by atoms with E-state index in [1.165, 1.54) is 5.56 Å². The van der Waals surface area contributed by atoms with Gasteiger partial charge >= 0.3 is 0 Å². The van der Waals surface area contributed by atoms with Crippen molar-refractivity contribution >= 4 is 29.6 Å². The first-order valence-corrected chi connectivity index (χ1v) is 4.61. The summed E-state index contributed by atoms with van der Waals surface area (Å²) in [6, 6.07) is 10.6. The van der Waals surface area contributed by atoms with E-state index in [2.05, 4.69) is 49.9 Å². The van der Waals surface area contributed by atoms with Crippen molar-refractivity contribution in [2.75, 3.05) is 5.75 Å². The van der Waals surface area contributed by atoms with Crippen LogP contribution >= 0.6 is 29.6 Å². The van der Waals surface area contributed by atoms with Gasteiger partial charge in [-0.25, -0.2) is 0 Å². The molecule has 0 aliphatic heterocycles. The molecule has 0 N–H and O–H groups in total. The van der Waals surface area contributed by atoms with Crippen molar-refractivity contribution in [1.82, 2.24) is 0 Å². The van der Waals surface area contributed by atoms with Gasteiger partial charge < -0.3 is 0 Å². The third kappa shape index (κ3) is 4.17. The number of benzene rings is 1. The van der Waals surface area contributed by atoms with Crippen LogP contribution in [-0.2, 0) is 6.42 Å². The molecule has 68 valence electrons. The molecule has 0 fully saturated rings. The maximum Gasteiger partial charge on any atom is -0.00690 e. The molecule has 0 saturated heterocycles. The van der Waals surface area contributed by atoms with Crippen molar-refractivity contribution in [3.63, 3.8) is 0 Å². The predicted octanol–water partition coefficient (Wildman–Crippen LogP) is 3.37. The summed E-state index contributed by atoms with van der Waals surface area (Å²) < 4.78 is 0. The average Bonchev–Trinajstić information content (AvgIpc) is 2.06. The Morgan fingerprint density at radius 1 is 1.25 bits per heavy atom. The summed E-state index contributed by atoms with van der Waals surface area (Å²) in [6.45, 7) is 2.22. The van der Waals surface area contributed by atoms with Crippen molar-refractivity contribution < 1.29 is 0 Å². The molecular weight excluding hydrogens is 232 g/mol. The van der Waals surface area contributed by atoms with Gasteiger partial charge in [-0.1, -0.05) is 37.3 Å². The highest BCUT2D eigenvalue weighted by atomic mass is 79.9. The maximum atomic E-state index is 4.25. The minimum Gasteiger partial charge on any atom is -0.179 e. The quantitative estimate of drug-likeness (QED) is 0.778. The van der Waals surface area contributed by atoms with Crippen LogP contribution in [0.25, 0.3) is 0 Å². The van der Waals surface area contributed by atoms with Crippen LogP contribution in [0.15, 0.2) is 30.3 Å². The van der Waals surface area contributed by atoms with E-state index >= 15 is 0 Å². The van der Waals surface area contributed by atoms with Gasteiger partial charge in [0.15, 0.2) is 0 Å². The van der Waals surface area contributed by atoms with Crippen molar-refractivity contribution in [2.24, 2.45) is 5.92 Å². The van der Waals surface area contributed by atoms with Crippen LogP contribution < -0.4 is 0 Å². The highest BCUT2D eigenvalue weighted by Crippen LogP contribution is 2.08. The number of hydrogen-bond acceptors (Lipinski definition) is 1. The number of rotatable bonds is 3. The zero-order valence-electron chi connectivity index (χ0n) is 7.23. The molecule has 1 aromatic carbocycles. The van der Waals surface area contributed by atoms with Gasteiger partial charge in [0.05, 0.1) is 0 Å². The molecule has 1 aromatic rings. The van der Waals surface area contributed by atoms with E-state index < -0.39 is 0 Å². The molecule has 0 bridgehead atoms. The molecule has 0 saturated carbocycles. The Balaban J connectivity index is 0.00000121. The standard InChI is InChI=1S/C10H14S.BrH/c1-9(8-11)7-10-5-3-2-4-6-10;/h2-6,9,11H,7-8H2,1H3;1H. The number of thiol groups is 1. The number of halogens is 1. The van der Waals surface area contributed by atoms with Crippen LogP contribution in [0.2, 0.25) is 0 Å². The molecule has 0 amide bonds. The minimum atomic E-state index is 0. The van der Waals surface area contributed by atoms with Gasteiger partial charge in [-0.3, -0.25) is 0 Å². The summed E-state index contributed by atoms with van der Waals surface area (Å²) in [7, 11) is 0. The Morgan fingerprint density at radius 2 is 1.83 bits per heavy atom. The maximum absolute atomic E-state index is 4.25. The summed E-state index contributed by atoms with van der Waals surface area (Å²) in [5, 5.41) is 0. The largest absolute Gasteiger partial charge is 0.179 e. The third-order valence-electron chi connectivity index (χ3n) is 1.74. The molecule has 0 aliphatic rings. The first kappa shape index (κ1) is 12.0. The molecule has 0 nitrogen and oxygen atoms in total. The van der Waals surface area contributed by atoms with Crippen LogP contribution in [0.1, 0.15) is 12.5 Å². The molecular formula is C10H15BrS. The Bertz CT molecular complexity index is 198. The summed E-state index contributed by atoms with van der Waals surface area (Å²) >= 11 is 4.25. The average molecular weight is 247 g/mol. The zero-order valence-corrected chi connectivity index (χ0v) is 9.84. The molecule has 0 heterocycles. The van der Waals surface area contributed by atoms with Crippen LogP contribution in [0.5, 0.6) is 0 Å². The lowest BCUT2D eigenvalue weighted by atomic mass is 10.0. The molecule has 0 radical (unpaired) electrons. The summed E-state index contributed by atoms with van der Waals surface area (Å²) in [5.74, 6) is 1.65. The molecule has 0 aromatic heterocycles. The molecule has 12 heavy (non-hydrogen) atoms. The SMILES string of the molecule is Br.CC(CS)Cc1ccccc1. The highest BCUT2D eigenvalue weighted by Gasteiger charge is 1.99. The smallest absolute Gasteiger partial charge is 0.00690 e. The van der Waals surface area contributed by atoms with Crippen LogP contribution in [0, 0.1) is 5.92 Å². The Hall–Kier alpha value is 0.0500. The topological polar surface area (TPSA) is 0 Å². The van der Waals surface area contributed by atoms with E-state index in [-0.39, 0.29) is 17.0 Å². The molecule has 1 unspecified atom stereocenters. The van der Waals surface area contributed by atoms with Gasteiger partial charge in [0, 0.05) is 0 Å². The lowest BCUT2D eigenvalue weighted by Crippen LogP contribution is -2.00. The summed E-state index contributed by atoms with van der Waals surface area (Å²) in [6.07, 6.45) is 1.14. The minimum absolute atomic E-state index is 0. The van der Waals surface area contributed by atoms with Crippen molar-refractivity contribution in [3.8, 4) is 0 Å². The monoisotopic (exact) mass is 246 g/mol. The van der Waals surface area contributed by atoms with Crippen LogP contribution in [0.3, 0.4) is 0 Å². The summed E-state index contributed by atoms with van der Waals surface area (Å²) in [4.78, 5) is 0. The summed E-state index contributed by atoms with van der Waals surface area (Å²) in [5.41, 5.74) is 1.41. The van der Waals surface area contributed by atoms with E-state index in [4.69, 9.17) is 0 Å². The molecule has 1 atom stereocenters. The molecule has 0 spiro atoms. The van der Waals surface area contributed by atoms with Gasteiger partial charge in [-0.15, -0.1) is 17.0 Å². The van der Waals surface area contributed by atoms with E-state index in [0.717, 1.165) is 12.2 Å². The van der Waals surface area contributed by atoms with Gasteiger partial charge in [0.1, 0.15) is 0 Å². The second-order valence-electron chi connectivity index (χ2n) is 2.98. The first-order chi connectivity index (χ1) is 5.33. The number of hydrogen-bond donors (Lipinski definition) is 1. The van der Waals surface area contributed by atoms with E-state index in [0.29, 0.717) is 5.92 Å². The predicted molar refractivity (Wildman–Crippen MR) is 63.5 cm³/mol. The third-order valence-corrected chi connectivity index (χ3v) is 2.36. The van der Waals surface area contributed by atoms with Gasteiger partial charge in [0.25, 0.3) is 0 Å². The van der Waals surface area contributed by atoms with Crippen molar-refractivity contribution in [2.45, 2.75) is 13.3 Å². The van der Waals surface area contributed by atoms with Crippen molar-refractivity contribution in [1.29, 1.82) is 0 Å². The van der Waals surface area contributed by atoms with E-state index in [9.17, 15) is 0 Å². The van der Waals surface area contributed by atoms with E-state index in [1.54, 1.807) is 0 Å². The van der Waals surface area contributed by atoms with Gasteiger partial charge in [-0.2, -0.15) is 12.6 Å². The van der Waals surface area contributed by atoms with Crippen molar-refractivity contribution in [3.05, 3.63) is 35.9 Å². The fourth-order valence-corrected chi connectivity index (χ4v) is 1.21. The second-order valence-corrected chi connectivity index (χ2v) is 3.34.